The van der Waals surface area contributed by atoms with Crippen LogP contribution in [0.25, 0.3) is 10.9 Å². The van der Waals surface area contributed by atoms with Crippen molar-refractivity contribution in [3.63, 3.8) is 0 Å². The van der Waals surface area contributed by atoms with E-state index in [1.54, 1.807) is 27.7 Å². The lowest BCUT2D eigenvalue weighted by Gasteiger charge is -2.36. The Labute approximate surface area is 364 Å². The lowest BCUT2D eigenvalue weighted by Crippen LogP contribution is -2.63. The number of carbonyl (C=O) groups excluding carboxylic acids is 4. The van der Waals surface area contributed by atoms with Crippen molar-refractivity contribution >= 4 is 44.7 Å². The first-order chi connectivity index (χ1) is 29.3. The summed E-state index contributed by atoms with van der Waals surface area (Å²) in [5.74, 6) is -0.987. The molecule has 4 amide bonds. The minimum Gasteiger partial charge on any atom is -0.492 e. The molecule has 6 atom stereocenters. The fourth-order valence-electron chi connectivity index (χ4n) is 8.67. The molecule has 2 saturated carbocycles. The van der Waals surface area contributed by atoms with Gasteiger partial charge in [-0.25, -0.2) is 22.6 Å². The van der Waals surface area contributed by atoms with Gasteiger partial charge >= 0.3 is 6.09 Å². The summed E-state index contributed by atoms with van der Waals surface area (Å²) in [6, 6.07) is 5.32. The Morgan fingerprint density at radius 2 is 1.82 bits per heavy atom. The zero-order chi connectivity index (χ0) is 44.6. The normalized spacial score (nSPS) is 26.7. The lowest BCUT2D eigenvalue weighted by molar-refractivity contribution is -0.143. The molecule has 7 rings (SSSR count). The van der Waals surface area contributed by atoms with Crippen LogP contribution in [0.1, 0.15) is 104 Å². The molecular weight excluding hydrogens is 820 g/mol. The average Bonchev–Trinajstić information content (AvgIpc) is 4.09. The third kappa shape index (κ3) is 10.1. The number of nitrogens with zero attached hydrogens (tertiary/aromatic N) is 3. The van der Waals surface area contributed by atoms with E-state index in [9.17, 15) is 32.0 Å². The summed E-state index contributed by atoms with van der Waals surface area (Å²) in [6.45, 7) is 14.0. The number of amides is 4. The van der Waals surface area contributed by atoms with Gasteiger partial charge in [-0.15, -0.1) is 6.58 Å². The zero-order valence-electron chi connectivity index (χ0n) is 36.7. The van der Waals surface area contributed by atoms with Gasteiger partial charge in [0.15, 0.2) is 0 Å². The van der Waals surface area contributed by atoms with E-state index in [2.05, 4.69) is 26.8 Å². The van der Waals surface area contributed by atoms with Crippen LogP contribution in [0, 0.1) is 11.3 Å². The molecule has 62 heavy (non-hydrogen) atoms. The molecule has 6 unspecified atom stereocenters. The third-order valence-electron chi connectivity index (χ3n) is 13.1. The van der Waals surface area contributed by atoms with Crippen molar-refractivity contribution in [2.75, 3.05) is 32.8 Å². The molecule has 0 radical (unpaired) electrons. The van der Waals surface area contributed by atoms with Gasteiger partial charge in [0.25, 0.3) is 5.91 Å². The SMILES string of the molecule is C=CCC(C)(NC(=O)C1CC2CN1C(=O)C(C(C)(C)C)NC(=O)OC1CC1CCCCCc1c(nc3ccccc3c1OCCCN1CC(F)C1)O2)C(=O)NS(=O)(=O)C1(C)CC1. The lowest BCUT2D eigenvalue weighted by atomic mass is 9.85. The topological polar surface area (TPSA) is 186 Å². The highest BCUT2D eigenvalue weighted by Gasteiger charge is 2.53. The van der Waals surface area contributed by atoms with Crippen molar-refractivity contribution in [2.45, 2.75) is 146 Å². The van der Waals surface area contributed by atoms with Gasteiger partial charge in [0.1, 0.15) is 41.8 Å². The van der Waals surface area contributed by atoms with Crippen LogP contribution < -0.4 is 24.8 Å². The summed E-state index contributed by atoms with van der Waals surface area (Å²) >= 11 is 0. The number of likely N-dealkylation sites (tertiary alicyclic amines) is 1. The summed E-state index contributed by atoms with van der Waals surface area (Å²) < 4.78 is 60.1. The molecule has 2 aromatic rings. The summed E-state index contributed by atoms with van der Waals surface area (Å²) in [5.41, 5.74) is -1.17. The summed E-state index contributed by atoms with van der Waals surface area (Å²) in [4.78, 5) is 65.0. The number of fused-ring (bicyclic) bond motifs is 5. The number of halogens is 1. The van der Waals surface area contributed by atoms with E-state index in [0.717, 1.165) is 43.1 Å². The predicted octanol–water partition coefficient (Wildman–Crippen LogP) is 5.10. The van der Waals surface area contributed by atoms with Crippen molar-refractivity contribution in [1.29, 1.82) is 0 Å². The van der Waals surface area contributed by atoms with Gasteiger partial charge in [-0.05, 0) is 88.7 Å². The minimum absolute atomic E-state index is 0.0136. The van der Waals surface area contributed by atoms with E-state index in [0.29, 0.717) is 69.1 Å². The number of hydrogen-bond donors (Lipinski definition) is 3. The first-order valence-electron chi connectivity index (χ1n) is 22.2. The maximum absolute atomic E-state index is 14.8. The van der Waals surface area contributed by atoms with Crippen LogP contribution in [-0.2, 0) is 35.6 Å². The first kappa shape index (κ1) is 45.5. The highest BCUT2D eigenvalue weighted by atomic mass is 32.2. The summed E-state index contributed by atoms with van der Waals surface area (Å²) in [7, 11) is -4.05. The Balaban J connectivity index is 1.22. The number of alkyl carbamates (subject to hydrolysis) is 1. The number of ether oxygens (including phenoxy) is 3. The standard InChI is InChI=1S/C45H63FN6O9S/c1-7-18-45(6,41(55)50-62(57,58)44(5)19-20-44)49-38(53)34-24-30-27-52(34)40(54)37(43(2,3)4)48-42(56)61-35-23-28(35)14-9-8-10-16-32-36(59-22-13-21-51-25-29(46)26-51)31-15-11-12-17-33(31)47-39(32)60-30/h7,11-12,15,17,28-30,34-35,37H,1,8-10,13-14,16,18-27H2,2-6H3,(H,48,56)(H,49,53)(H,50,55). The molecule has 3 aliphatic heterocycles. The van der Waals surface area contributed by atoms with Gasteiger partial charge < -0.3 is 29.7 Å². The Morgan fingerprint density at radius 1 is 1.08 bits per heavy atom. The van der Waals surface area contributed by atoms with Crippen molar-refractivity contribution in [2.24, 2.45) is 11.3 Å². The number of nitrogens with one attached hydrogen (secondary N) is 3. The van der Waals surface area contributed by atoms with E-state index in [4.69, 9.17) is 19.2 Å². The van der Waals surface area contributed by atoms with Crippen molar-refractivity contribution in [3.8, 4) is 11.6 Å². The second kappa shape index (κ2) is 17.9. The van der Waals surface area contributed by atoms with E-state index in [1.165, 1.54) is 17.9 Å². The maximum atomic E-state index is 14.8. The maximum Gasteiger partial charge on any atom is 0.408 e. The number of hydrogen-bond acceptors (Lipinski definition) is 11. The van der Waals surface area contributed by atoms with Crippen LogP contribution in [0.15, 0.2) is 36.9 Å². The van der Waals surface area contributed by atoms with Gasteiger partial charge in [0, 0.05) is 31.4 Å². The molecule has 2 saturated heterocycles. The Bertz CT molecular complexity index is 2160. The number of para-hydroxylation sites is 1. The number of alkyl halides is 1. The van der Waals surface area contributed by atoms with E-state index in [-0.39, 0.29) is 31.4 Å². The molecular formula is C45H63FN6O9S. The fraction of sp³-hybridized carbons (Fsp3) is 0.667. The van der Waals surface area contributed by atoms with Crippen LogP contribution in [0.2, 0.25) is 0 Å². The molecule has 17 heteroatoms. The largest absolute Gasteiger partial charge is 0.492 e. The molecule has 340 valence electrons. The molecule has 0 spiro atoms. The Morgan fingerprint density at radius 3 is 2.52 bits per heavy atom. The molecule has 3 N–H and O–H groups in total. The fourth-order valence-corrected chi connectivity index (χ4v) is 10.0. The first-order valence-corrected chi connectivity index (χ1v) is 23.6. The van der Waals surface area contributed by atoms with Gasteiger partial charge in [-0.2, -0.15) is 0 Å². The zero-order valence-corrected chi connectivity index (χ0v) is 37.5. The number of benzene rings is 1. The molecule has 4 fully saturated rings. The predicted molar refractivity (Wildman–Crippen MR) is 231 cm³/mol. The smallest absolute Gasteiger partial charge is 0.408 e. The summed E-state index contributed by atoms with van der Waals surface area (Å²) in [6.07, 6.45) is 5.09. The van der Waals surface area contributed by atoms with E-state index >= 15 is 0 Å². The van der Waals surface area contributed by atoms with Crippen LogP contribution in [0.3, 0.4) is 0 Å². The molecule has 1 aromatic heterocycles. The molecule has 2 aliphatic carbocycles. The quantitative estimate of drug-likeness (QED) is 0.190. The Hall–Kier alpha value is -4.51. The van der Waals surface area contributed by atoms with Crippen molar-refractivity contribution in [3.05, 3.63) is 42.5 Å². The monoisotopic (exact) mass is 882 g/mol. The van der Waals surface area contributed by atoms with Crippen LogP contribution in [0.4, 0.5) is 9.18 Å². The van der Waals surface area contributed by atoms with Crippen molar-refractivity contribution < 1.29 is 46.2 Å². The molecule has 1 aromatic carbocycles. The highest BCUT2D eigenvalue weighted by Crippen LogP contribution is 2.43. The third-order valence-corrected chi connectivity index (χ3v) is 15.2. The number of pyridine rings is 1. The molecule has 2 bridgehead atoms. The van der Waals surface area contributed by atoms with Gasteiger partial charge in [0.2, 0.25) is 27.7 Å². The number of sulfonamides is 1. The molecule has 4 heterocycles. The molecule has 15 nitrogen and oxygen atoms in total. The van der Waals surface area contributed by atoms with Crippen LogP contribution in [0.5, 0.6) is 11.6 Å². The van der Waals surface area contributed by atoms with Gasteiger partial charge in [0.05, 0.1) is 29.0 Å². The van der Waals surface area contributed by atoms with Crippen LogP contribution >= 0.6 is 0 Å². The number of carbonyl (C=O) groups is 4. The number of rotatable bonds is 12. The van der Waals surface area contributed by atoms with Gasteiger partial charge in [-0.1, -0.05) is 51.8 Å². The number of aromatic nitrogens is 1. The van der Waals surface area contributed by atoms with Gasteiger partial charge in [-0.3, -0.25) is 24.0 Å². The van der Waals surface area contributed by atoms with E-state index < -0.39 is 73.9 Å². The minimum atomic E-state index is -4.05. The highest BCUT2D eigenvalue weighted by molar-refractivity contribution is 7.91. The van der Waals surface area contributed by atoms with E-state index in [1.807, 2.05) is 24.3 Å². The van der Waals surface area contributed by atoms with Crippen LogP contribution in [-0.4, -0.2) is 121 Å². The second-order valence-corrected chi connectivity index (χ2v) is 21.7. The second-order valence-electron chi connectivity index (χ2n) is 19.5. The summed E-state index contributed by atoms with van der Waals surface area (Å²) in [5, 5.41) is 6.41. The van der Waals surface area contributed by atoms with Crippen molar-refractivity contribution in [1.82, 2.24) is 30.1 Å². The Kier molecular flexibility index (Phi) is 13.2. The average molecular weight is 883 g/mol. The molecule has 5 aliphatic rings.